The van der Waals surface area contributed by atoms with Crippen LogP contribution in [0, 0.1) is 23.7 Å². The zero-order valence-electron chi connectivity index (χ0n) is 34.0. The Bertz CT molecular complexity index is 1560. The lowest BCUT2D eigenvalue weighted by Crippen LogP contribution is -2.69. The highest BCUT2D eigenvalue weighted by atomic mass is 32.2. The highest BCUT2D eigenvalue weighted by Gasteiger charge is 2.56. The Morgan fingerprint density at radius 1 is 0.981 bits per heavy atom. The first-order chi connectivity index (χ1) is 25.3. The van der Waals surface area contributed by atoms with Crippen LogP contribution in [0.25, 0.3) is 0 Å². The summed E-state index contributed by atoms with van der Waals surface area (Å²) in [5.41, 5.74) is 11.2. The second kappa shape index (κ2) is 19.1. The molecule has 2 aliphatic rings. The first-order valence-electron chi connectivity index (χ1n) is 19.4. The number of carbonyl (C=O) groups is 4. The number of hydrogen-bond donors (Lipinski definition) is 3. The smallest absolute Gasteiger partial charge is 0.264 e. The van der Waals surface area contributed by atoms with Gasteiger partial charge in [0.05, 0.1) is 47.4 Å². The monoisotopic (exact) mass is 778 g/mol. The number of anilines is 1. The number of ether oxygens (including phenoxy) is 2. The number of primary amides is 1. The van der Waals surface area contributed by atoms with Crippen LogP contribution in [-0.4, -0.2) is 117 Å². The quantitative estimate of drug-likeness (QED) is 0.186. The Kier molecular flexibility index (Phi) is 15.9. The van der Waals surface area contributed by atoms with Gasteiger partial charge in [0, 0.05) is 39.5 Å². The van der Waals surface area contributed by atoms with E-state index in [4.69, 9.17) is 20.9 Å². The Morgan fingerprint density at radius 2 is 1.61 bits per heavy atom. The minimum absolute atomic E-state index is 0.00174. The lowest BCUT2D eigenvalue weighted by molar-refractivity contribution is -0.161. The molecule has 2 heterocycles. The van der Waals surface area contributed by atoms with Crippen molar-refractivity contribution >= 4 is 39.3 Å². The van der Waals surface area contributed by atoms with Gasteiger partial charge in [-0.05, 0) is 88.6 Å². The number of nitrogens with one attached hydrogen (secondary N) is 1. The molecule has 1 aromatic rings. The van der Waals surface area contributed by atoms with Gasteiger partial charge < -0.3 is 30.7 Å². The fraction of sp³-hybridized carbons (Fsp3) is 0.744. The summed E-state index contributed by atoms with van der Waals surface area (Å²) in [6.45, 7) is 14.7. The number of sulfonamides is 1. The third kappa shape index (κ3) is 9.57. The van der Waals surface area contributed by atoms with Crippen LogP contribution in [0.3, 0.4) is 0 Å². The molecule has 0 bridgehead atoms. The van der Waals surface area contributed by atoms with Gasteiger partial charge in [0.15, 0.2) is 0 Å². The summed E-state index contributed by atoms with van der Waals surface area (Å²) in [7, 11) is 0.538. The summed E-state index contributed by atoms with van der Waals surface area (Å²) in [6, 6.07) is 4.49. The molecule has 4 amide bonds. The number of nitrogens with zero attached hydrogens (tertiary/aromatic N) is 3. The molecule has 0 aromatic heterocycles. The van der Waals surface area contributed by atoms with Gasteiger partial charge >= 0.3 is 0 Å². The number of likely N-dealkylation sites (N-methyl/N-ethyl adjacent to an activating group) is 1. The highest BCUT2D eigenvalue weighted by molar-refractivity contribution is 7.90. The van der Waals surface area contributed by atoms with E-state index < -0.39 is 63.5 Å². The predicted octanol–water partition coefficient (Wildman–Crippen LogP) is 3.38. The number of rotatable bonds is 18. The molecule has 3 rings (SSSR count). The molecule has 54 heavy (non-hydrogen) atoms. The molecule has 0 spiro atoms. The van der Waals surface area contributed by atoms with E-state index >= 15 is 0 Å². The summed E-state index contributed by atoms with van der Waals surface area (Å²) in [5, 5.41) is 0. The standard InChI is InChI=1S/C39H66N6O8S/c1-11-26(6)34(43(8)37(48)33(24(2)3)39(38(41)49)20-12-13-22-45(39)25(4)5)31(52-9)23-32(46)44-21-14-15-30(44)35(53-10)27(7)36(47)42-54(50,51)29-18-16-28(40)17-19-29/h16-19,24-27,30-31,33-35H,11-15,20-23,40H2,1-10H3,(H2,41,49)(H,42,47)/t26-,27+,30-,31+,33+,34-,35+,39?/m0/s1. The lowest BCUT2D eigenvalue weighted by atomic mass is 9.69. The molecule has 306 valence electrons. The number of carbonyl (C=O) groups excluding carboxylic acids is 4. The minimum atomic E-state index is -4.17. The summed E-state index contributed by atoms with van der Waals surface area (Å²) in [6.07, 6.45) is 2.56. The molecule has 2 fully saturated rings. The normalized spacial score (nSPS) is 23.0. The number of likely N-dealkylation sites (tertiary alicyclic amines) is 2. The van der Waals surface area contributed by atoms with Crippen LogP contribution in [0.4, 0.5) is 5.69 Å². The maximum Gasteiger partial charge on any atom is 0.264 e. The molecule has 0 radical (unpaired) electrons. The van der Waals surface area contributed by atoms with E-state index in [1.807, 2.05) is 41.5 Å². The van der Waals surface area contributed by atoms with Crippen molar-refractivity contribution in [3.63, 3.8) is 0 Å². The molecule has 1 aromatic carbocycles. The lowest BCUT2D eigenvalue weighted by Gasteiger charge is -2.53. The molecule has 0 aliphatic carbocycles. The molecular weight excluding hydrogens is 713 g/mol. The maximum absolute atomic E-state index is 14.8. The van der Waals surface area contributed by atoms with E-state index in [0.717, 1.165) is 12.8 Å². The van der Waals surface area contributed by atoms with Crippen LogP contribution in [0.1, 0.15) is 93.4 Å². The van der Waals surface area contributed by atoms with Crippen molar-refractivity contribution in [1.82, 2.24) is 19.4 Å². The Balaban J connectivity index is 1.88. The number of benzene rings is 1. The van der Waals surface area contributed by atoms with Crippen molar-refractivity contribution < 1.29 is 37.1 Å². The zero-order valence-corrected chi connectivity index (χ0v) is 34.9. The molecule has 15 heteroatoms. The van der Waals surface area contributed by atoms with Crippen LogP contribution in [-0.2, 0) is 38.7 Å². The van der Waals surface area contributed by atoms with Gasteiger partial charge in [0.2, 0.25) is 23.6 Å². The summed E-state index contributed by atoms with van der Waals surface area (Å²) < 4.78 is 40.0. The van der Waals surface area contributed by atoms with Crippen molar-refractivity contribution in [1.29, 1.82) is 0 Å². The Hall–Kier alpha value is -3.27. The van der Waals surface area contributed by atoms with Gasteiger partial charge in [0.25, 0.3) is 10.0 Å². The SMILES string of the molecule is CC[C@H](C)[C@@H]([C@@H](CC(=O)N1CCC[C@H]1[C@H](OC)[C@@H](C)C(=O)NS(=O)(=O)c1ccc(N)cc1)OC)N(C)C(=O)[C@@H](C(C)C)C1(C(N)=O)CCCCN1C(C)C. The maximum atomic E-state index is 14.8. The second-order valence-electron chi connectivity index (χ2n) is 15.9. The van der Waals surface area contributed by atoms with Crippen LogP contribution < -0.4 is 16.2 Å². The van der Waals surface area contributed by atoms with E-state index in [1.54, 1.807) is 23.8 Å². The Labute approximate surface area is 323 Å². The van der Waals surface area contributed by atoms with Gasteiger partial charge in [0.1, 0.15) is 5.54 Å². The summed E-state index contributed by atoms with van der Waals surface area (Å²) >= 11 is 0. The number of methoxy groups -OCH3 is 2. The summed E-state index contributed by atoms with van der Waals surface area (Å²) in [5.74, 6) is -3.61. The number of hydrogen-bond acceptors (Lipinski definition) is 10. The van der Waals surface area contributed by atoms with E-state index in [1.165, 1.54) is 38.5 Å². The van der Waals surface area contributed by atoms with Gasteiger partial charge in [-0.2, -0.15) is 0 Å². The molecule has 5 N–H and O–H groups in total. The molecular formula is C39H66N6O8S. The number of amides is 4. The third-order valence-corrected chi connectivity index (χ3v) is 13.3. The number of piperidine rings is 1. The van der Waals surface area contributed by atoms with Crippen LogP contribution >= 0.6 is 0 Å². The topological polar surface area (TPSA) is 195 Å². The van der Waals surface area contributed by atoms with Crippen LogP contribution in [0.5, 0.6) is 0 Å². The van der Waals surface area contributed by atoms with Crippen molar-refractivity contribution in [2.24, 2.45) is 29.4 Å². The van der Waals surface area contributed by atoms with E-state index in [9.17, 15) is 27.6 Å². The van der Waals surface area contributed by atoms with Gasteiger partial charge in [-0.3, -0.25) is 24.1 Å². The number of nitrogen functional groups attached to an aromatic ring is 1. The average molecular weight is 779 g/mol. The molecule has 0 saturated carbocycles. The zero-order chi connectivity index (χ0) is 40.7. The van der Waals surface area contributed by atoms with Crippen molar-refractivity contribution in [3.05, 3.63) is 24.3 Å². The van der Waals surface area contributed by atoms with Crippen molar-refractivity contribution in [3.8, 4) is 0 Å². The fourth-order valence-corrected chi connectivity index (χ4v) is 10.1. The van der Waals surface area contributed by atoms with Gasteiger partial charge in [-0.15, -0.1) is 0 Å². The largest absolute Gasteiger partial charge is 0.399 e. The van der Waals surface area contributed by atoms with Crippen LogP contribution in [0.15, 0.2) is 29.2 Å². The first-order valence-corrected chi connectivity index (χ1v) is 20.9. The minimum Gasteiger partial charge on any atom is -0.399 e. The molecule has 14 nitrogen and oxygen atoms in total. The average Bonchev–Trinajstić information content (AvgIpc) is 3.60. The molecule has 8 atom stereocenters. The third-order valence-electron chi connectivity index (χ3n) is 11.9. The van der Waals surface area contributed by atoms with Gasteiger partial charge in [-0.1, -0.05) is 41.0 Å². The van der Waals surface area contributed by atoms with Crippen LogP contribution in [0.2, 0.25) is 0 Å². The molecule has 2 aliphatic heterocycles. The second-order valence-corrected chi connectivity index (χ2v) is 17.6. The highest BCUT2D eigenvalue weighted by Crippen LogP contribution is 2.42. The number of nitrogens with two attached hydrogens (primary N) is 2. The van der Waals surface area contributed by atoms with Crippen molar-refractivity contribution in [2.75, 3.05) is 40.1 Å². The fourth-order valence-electron chi connectivity index (χ4n) is 8.99. The first kappa shape index (κ1) is 45.1. The van der Waals surface area contributed by atoms with E-state index in [2.05, 4.69) is 9.62 Å². The van der Waals surface area contributed by atoms with E-state index in [0.29, 0.717) is 44.5 Å². The van der Waals surface area contributed by atoms with E-state index in [-0.39, 0.29) is 41.0 Å². The Morgan fingerprint density at radius 3 is 2.13 bits per heavy atom. The predicted molar refractivity (Wildman–Crippen MR) is 208 cm³/mol. The molecule has 1 unspecified atom stereocenters. The molecule has 2 saturated heterocycles. The summed E-state index contributed by atoms with van der Waals surface area (Å²) in [4.78, 5) is 61.3. The van der Waals surface area contributed by atoms with Crippen molar-refractivity contribution in [2.45, 2.75) is 134 Å². The van der Waals surface area contributed by atoms with Gasteiger partial charge in [-0.25, -0.2) is 13.1 Å².